The van der Waals surface area contributed by atoms with Crippen molar-refractivity contribution in [3.05, 3.63) is 125 Å². The predicted octanol–water partition coefficient (Wildman–Crippen LogP) is 6.77. The van der Waals surface area contributed by atoms with Crippen LogP contribution in [-0.2, 0) is 40.8 Å². The average molecular weight is 638 g/mol. The van der Waals surface area contributed by atoms with E-state index in [2.05, 4.69) is 15.7 Å². The van der Waals surface area contributed by atoms with Crippen molar-refractivity contribution >= 4 is 27.1 Å². The molecular formula is C36H39N5O4S. The summed E-state index contributed by atoms with van der Waals surface area (Å²) in [5.41, 5.74) is 4.59. The topological polar surface area (TPSA) is 106 Å². The summed E-state index contributed by atoms with van der Waals surface area (Å²) in [6.07, 6.45) is 4.13. The second-order valence-electron chi connectivity index (χ2n) is 12.7. The molecule has 1 unspecified atom stereocenters. The van der Waals surface area contributed by atoms with Crippen LogP contribution in [0.15, 0.2) is 102 Å². The van der Waals surface area contributed by atoms with E-state index in [0.29, 0.717) is 29.9 Å². The maximum absolute atomic E-state index is 13.6. The Labute approximate surface area is 270 Å². The van der Waals surface area contributed by atoms with Crippen LogP contribution >= 0.6 is 0 Å². The van der Waals surface area contributed by atoms with Crippen LogP contribution in [0.4, 0.5) is 4.79 Å². The molecule has 1 atom stereocenters. The molecule has 0 saturated carbocycles. The number of sulfonamides is 1. The van der Waals surface area contributed by atoms with Crippen molar-refractivity contribution < 1.29 is 17.9 Å². The number of pyridine rings is 1. The number of fused-ring (bicyclic) bond motifs is 2. The second-order valence-corrected chi connectivity index (χ2v) is 14.4. The van der Waals surface area contributed by atoms with E-state index >= 15 is 0 Å². The van der Waals surface area contributed by atoms with Gasteiger partial charge in [0.15, 0.2) is 0 Å². The largest absolute Gasteiger partial charge is 0.443 e. The lowest BCUT2D eigenvalue weighted by molar-refractivity contribution is 0.0530. The zero-order valence-corrected chi connectivity index (χ0v) is 27.2. The summed E-state index contributed by atoms with van der Waals surface area (Å²) in [7, 11) is -3.76. The average Bonchev–Trinajstić information content (AvgIpc) is 3.41. The highest BCUT2D eigenvalue weighted by Gasteiger charge is 2.31. The molecule has 0 amide bonds. The zero-order chi connectivity index (χ0) is 32.3. The van der Waals surface area contributed by atoms with Gasteiger partial charge in [-0.1, -0.05) is 60.7 Å². The fourth-order valence-electron chi connectivity index (χ4n) is 5.99. The summed E-state index contributed by atoms with van der Waals surface area (Å²) in [5, 5.41) is 0. The molecule has 1 N–H and O–H groups in total. The van der Waals surface area contributed by atoms with Crippen molar-refractivity contribution in [2.45, 2.75) is 76.2 Å². The number of nitrogens with zero attached hydrogens (tertiary/aromatic N) is 4. The standard InChI is InChI=1S/C36H39N5O4S/c1-36(2,3)45-35(42)41-31-19-8-7-18-30(31)39-33(41)25-40(32-20-10-15-28-16-11-21-37-34(28)32)24-27-14-9-17-29(22-27)46(43,44)38-23-26-12-5-4-6-13-26/h4-9,11-14,16-19,21-22,32,38H,10,15,20,23-25H2,1-3H3. The first kappa shape index (κ1) is 31.6. The highest BCUT2D eigenvalue weighted by molar-refractivity contribution is 7.89. The molecule has 2 heterocycles. The van der Waals surface area contributed by atoms with Crippen LogP contribution in [0.5, 0.6) is 0 Å². The molecule has 0 spiro atoms. The van der Waals surface area contributed by atoms with Gasteiger partial charge in [-0.2, -0.15) is 0 Å². The predicted molar refractivity (Wildman–Crippen MR) is 177 cm³/mol. The SMILES string of the molecule is CC(C)(C)OC(=O)n1c(CN(Cc2cccc(S(=O)(=O)NCc3ccccc3)c2)C2CCCc3cccnc32)nc2ccccc21. The molecule has 0 saturated heterocycles. The third-order valence-corrected chi connectivity index (χ3v) is 9.46. The number of para-hydroxylation sites is 2. The fraction of sp³-hybridized carbons (Fsp3) is 0.306. The van der Waals surface area contributed by atoms with E-state index in [1.165, 1.54) is 5.56 Å². The van der Waals surface area contributed by atoms with Crippen molar-refractivity contribution in [2.24, 2.45) is 0 Å². The van der Waals surface area contributed by atoms with E-state index in [0.717, 1.165) is 36.1 Å². The number of ether oxygens (including phenoxy) is 1. The van der Waals surface area contributed by atoms with Crippen molar-refractivity contribution in [1.29, 1.82) is 0 Å². The lowest BCUT2D eigenvalue weighted by Gasteiger charge is -2.35. The highest BCUT2D eigenvalue weighted by atomic mass is 32.2. The van der Waals surface area contributed by atoms with Gasteiger partial charge in [0.05, 0.1) is 34.2 Å². The number of aryl methyl sites for hydroxylation is 1. The molecule has 238 valence electrons. The molecule has 46 heavy (non-hydrogen) atoms. The summed E-state index contributed by atoms with van der Waals surface area (Å²) in [5.74, 6) is 0.548. The van der Waals surface area contributed by atoms with Gasteiger partial charge in [0.25, 0.3) is 0 Å². The molecule has 2 aromatic heterocycles. The van der Waals surface area contributed by atoms with Crippen LogP contribution in [0.25, 0.3) is 11.0 Å². The number of nitrogens with one attached hydrogen (secondary N) is 1. The Morgan fingerprint density at radius 3 is 2.52 bits per heavy atom. The summed E-state index contributed by atoms with van der Waals surface area (Å²) in [4.78, 5) is 25.7. The zero-order valence-electron chi connectivity index (χ0n) is 26.4. The minimum atomic E-state index is -3.76. The van der Waals surface area contributed by atoms with Gasteiger partial charge < -0.3 is 4.74 Å². The van der Waals surface area contributed by atoms with Crippen molar-refractivity contribution in [3.63, 3.8) is 0 Å². The number of imidazole rings is 1. The van der Waals surface area contributed by atoms with Crippen LogP contribution in [-0.4, -0.2) is 39.5 Å². The Hall–Kier alpha value is -4.38. The second kappa shape index (κ2) is 13.2. The van der Waals surface area contributed by atoms with Crippen LogP contribution < -0.4 is 4.72 Å². The molecule has 0 radical (unpaired) electrons. The van der Waals surface area contributed by atoms with Gasteiger partial charge in [-0.3, -0.25) is 9.88 Å². The number of benzene rings is 3. The molecule has 0 fully saturated rings. The van der Waals surface area contributed by atoms with Gasteiger partial charge in [-0.25, -0.2) is 27.5 Å². The fourth-order valence-corrected chi connectivity index (χ4v) is 7.08. The smallest absolute Gasteiger partial charge is 0.420 e. The quantitative estimate of drug-likeness (QED) is 0.190. The first-order valence-corrected chi connectivity index (χ1v) is 17.1. The number of hydrogen-bond donors (Lipinski definition) is 1. The first-order valence-electron chi connectivity index (χ1n) is 15.6. The van der Waals surface area contributed by atoms with E-state index in [1.54, 1.807) is 22.8 Å². The van der Waals surface area contributed by atoms with Gasteiger partial charge in [-0.15, -0.1) is 0 Å². The number of rotatable bonds is 9. The molecule has 1 aliphatic carbocycles. The van der Waals surface area contributed by atoms with E-state index in [9.17, 15) is 13.2 Å². The molecule has 9 nitrogen and oxygen atoms in total. The number of carbonyl (C=O) groups is 1. The van der Waals surface area contributed by atoms with Gasteiger partial charge in [0, 0.05) is 19.3 Å². The third-order valence-electron chi connectivity index (χ3n) is 8.06. The third kappa shape index (κ3) is 7.20. The lowest BCUT2D eigenvalue weighted by Crippen LogP contribution is -2.34. The molecule has 6 rings (SSSR count). The minimum absolute atomic E-state index is 0.0617. The van der Waals surface area contributed by atoms with Crippen molar-refractivity contribution in [3.8, 4) is 0 Å². The summed E-state index contributed by atoms with van der Waals surface area (Å²) in [6, 6.07) is 28.0. The minimum Gasteiger partial charge on any atom is -0.443 e. The molecule has 10 heteroatoms. The Kier molecular flexibility index (Phi) is 9.04. The first-order chi connectivity index (χ1) is 22.1. The van der Waals surface area contributed by atoms with E-state index in [1.807, 2.05) is 93.7 Å². The summed E-state index contributed by atoms with van der Waals surface area (Å²) < 4.78 is 36.8. The maximum atomic E-state index is 13.6. The van der Waals surface area contributed by atoms with Crippen molar-refractivity contribution in [2.75, 3.05) is 0 Å². The van der Waals surface area contributed by atoms with Crippen LogP contribution in [0.3, 0.4) is 0 Å². The molecule has 3 aromatic carbocycles. The van der Waals surface area contributed by atoms with Gasteiger partial charge in [-0.05, 0) is 87.1 Å². The van der Waals surface area contributed by atoms with E-state index in [-0.39, 0.29) is 17.5 Å². The number of carbonyl (C=O) groups excluding carboxylic acids is 1. The summed E-state index contributed by atoms with van der Waals surface area (Å²) >= 11 is 0. The Balaban J connectivity index is 1.36. The normalized spacial score (nSPS) is 15.2. The monoisotopic (exact) mass is 637 g/mol. The van der Waals surface area contributed by atoms with Gasteiger partial charge in [0.2, 0.25) is 10.0 Å². The summed E-state index contributed by atoms with van der Waals surface area (Å²) in [6.45, 7) is 6.46. The molecule has 1 aliphatic rings. The Bertz CT molecular complexity index is 1950. The van der Waals surface area contributed by atoms with Gasteiger partial charge >= 0.3 is 6.09 Å². The van der Waals surface area contributed by atoms with Crippen LogP contribution in [0.1, 0.15) is 67.9 Å². The van der Waals surface area contributed by atoms with Crippen LogP contribution in [0, 0.1) is 0 Å². The van der Waals surface area contributed by atoms with E-state index in [4.69, 9.17) is 14.7 Å². The molecule has 0 bridgehead atoms. The lowest BCUT2D eigenvalue weighted by atomic mass is 9.90. The van der Waals surface area contributed by atoms with Gasteiger partial charge in [0.1, 0.15) is 11.4 Å². The van der Waals surface area contributed by atoms with Crippen LogP contribution in [0.2, 0.25) is 0 Å². The molecule has 5 aromatic rings. The Morgan fingerprint density at radius 2 is 1.72 bits per heavy atom. The molecular weight excluding hydrogens is 598 g/mol. The number of hydrogen-bond acceptors (Lipinski definition) is 7. The Morgan fingerprint density at radius 1 is 0.957 bits per heavy atom. The highest BCUT2D eigenvalue weighted by Crippen LogP contribution is 2.35. The number of aromatic nitrogens is 3. The molecule has 0 aliphatic heterocycles. The maximum Gasteiger partial charge on any atom is 0.420 e. The van der Waals surface area contributed by atoms with Crippen molar-refractivity contribution in [1.82, 2.24) is 24.2 Å². The van der Waals surface area contributed by atoms with E-state index < -0.39 is 21.7 Å².